The van der Waals surface area contributed by atoms with Crippen LogP contribution in [-0.2, 0) is 15.6 Å². The van der Waals surface area contributed by atoms with Crippen molar-refractivity contribution in [3.63, 3.8) is 0 Å². The first kappa shape index (κ1) is 13.1. The lowest BCUT2D eigenvalue weighted by Gasteiger charge is -2.53. The summed E-state index contributed by atoms with van der Waals surface area (Å²) in [5.41, 5.74) is 9.29. The van der Waals surface area contributed by atoms with Crippen molar-refractivity contribution in [2.75, 3.05) is 13.2 Å². The molecular weight excluding hydrogens is 234 g/mol. The van der Waals surface area contributed by atoms with Crippen LogP contribution in [0.1, 0.15) is 44.7 Å². The van der Waals surface area contributed by atoms with Crippen molar-refractivity contribution in [3.05, 3.63) is 35.4 Å². The van der Waals surface area contributed by atoms with E-state index < -0.39 is 0 Å². The summed E-state index contributed by atoms with van der Waals surface area (Å²) in [5.74, 6) is 0.719. The maximum absolute atomic E-state index is 5.96. The monoisotopic (exact) mass is 259 g/mol. The fourth-order valence-corrected chi connectivity index (χ4v) is 3.38. The van der Waals surface area contributed by atoms with Gasteiger partial charge in [0.2, 0.25) is 0 Å². The zero-order valence-electron chi connectivity index (χ0n) is 12.3. The number of ether oxygens (including phenoxy) is 1. The molecule has 19 heavy (non-hydrogen) atoms. The molecule has 1 aromatic carbocycles. The molecule has 2 N–H and O–H groups in total. The molecule has 2 nitrogen and oxygen atoms in total. The van der Waals surface area contributed by atoms with E-state index in [0.29, 0.717) is 6.04 Å². The van der Waals surface area contributed by atoms with Crippen LogP contribution in [0.25, 0.3) is 0 Å². The van der Waals surface area contributed by atoms with Crippen LogP contribution < -0.4 is 5.73 Å². The van der Waals surface area contributed by atoms with Gasteiger partial charge in [-0.2, -0.15) is 0 Å². The van der Waals surface area contributed by atoms with Crippen LogP contribution in [0.3, 0.4) is 0 Å². The Morgan fingerprint density at radius 3 is 2.05 bits per heavy atom. The van der Waals surface area contributed by atoms with Crippen LogP contribution in [0, 0.1) is 5.92 Å². The fourth-order valence-electron chi connectivity index (χ4n) is 3.38. The Morgan fingerprint density at radius 1 is 1.11 bits per heavy atom. The average Bonchev–Trinajstić information content (AvgIpc) is 2.25. The van der Waals surface area contributed by atoms with Crippen LogP contribution in [0.5, 0.6) is 0 Å². The second-order valence-electron chi connectivity index (χ2n) is 7.40. The molecule has 0 atom stereocenters. The summed E-state index contributed by atoms with van der Waals surface area (Å²) in [6, 6.07) is 9.61. The largest absolute Gasteiger partial charge is 0.379 e. The first-order valence-electron chi connectivity index (χ1n) is 7.36. The summed E-state index contributed by atoms with van der Waals surface area (Å²) in [7, 11) is 0. The summed E-state index contributed by atoms with van der Waals surface area (Å²) >= 11 is 0. The Kier molecular flexibility index (Phi) is 2.99. The predicted octanol–water partition coefficient (Wildman–Crippen LogP) is 2.99. The molecule has 2 aliphatic rings. The predicted molar refractivity (Wildman–Crippen MR) is 78.3 cm³/mol. The minimum Gasteiger partial charge on any atom is -0.379 e. The van der Waals surface area contributed by atoms with Gasteiger partial charge in [-0.3, -0.25) is 0 Å². The molecule has 2 fully saturated rings. The molecule has 1 saturated heterocycles. The fraction of sp³-hybridized carbons (Fsp3) is 0.647. The van der Waals surface area contributed by atoms with E-state index in [0.717, 1.165) is 32.0 Å². The number of hydrogen-bond donors (Lipinski definition) is 1. The van der Waals surface area contributed by atoms with E-state index in [1.807, 2.05) is 0 Å². The molecule has 1 aromatic rings. The van der Waals surface area contributed by atoms with E-state index >= 15 is 0 Å². The van der Waals surface area contributed by atoms with Gasteiger partial charge in [0.05, 0.1) is 13.2 Å². The second kappa shape index (κ2) is 4.32. The summed E-state index contributed by atoms with van der Waals surface area (Å²) < 4.78 is 5.54. The van der Waals surface area contributed by atoms with Gasteiger partial charge >= 0.3 is 0 Å². The zero-order chi connectivity index (χ0) is 13.7. The van der Waals surface area contributed by atoms with E-state index in [1.54, 1.807) is 0 Å². The van der Waals surface area contributed by atoms with Crippen molar-refractivity contribution in [3.8, 4) is 0 Å². The van der Waals surface area contributed by atoms with Gasteiger partial charge in [-0.1, -0.05) is 45.0 Å². The first-order valence-corrected chi connectivity index (χ1v) is 7.36. The Morgan fingerprint density at radius 2 is 1.68 bits per heavy atom. The molecule has 1 heterocycles. The highest BCUT2D eigenvalue weighted by molar-refractivity contribution is 5.35. The second-order valence-corrected chi connectivity index (χ2v) is 7.40. The maximum atomic E-state index is 5.96. The van der Waals surface area contributed by atoms with Crippen molar-refractivity contribution in [2.45, 2.75) is 50.5 Å². The maximum Gasteiger partial charge on any atom is 0.0588 e. The normalized spacial score (nSPS) is 29.5. The molecule has 0 radical (unpaired) electrons. The first-order chi connectivity index (χ1) is 8.92. The topological polar surface area (TPSA) is 35.2 Å². The van der Waals surface area contributed by atoms with Crippen LogP contribution in [0.15, 0.2) is 24.3 Å². The lowest BCUT2D eigenvalue weighted by atomic mass is 9.59. The third-order valence-electron chi connectivity index (χ3n) is 5.00. The number of rotatable bonds is 2. The van der Waals surface area contributed by atoms with Gasteiger partial charge in [0.15, 0.2) is 0 Å². The molecule has 0 bridgehead atoms. The number of hydrogen-bond acceptors (Lipinski definition) is 2. The van der Waals surface area contributed by atoms with Crippen LogP contribution in [0.2, 0.25) is 0 Å². The summed E-state index contributed by atoms with van der Waals surface area (Å²) in [6.45, 7) is 8.53. The lowest BCUT2D eigenvalue weighted by Crippen LogP contribution is -2.58. The van der Waals surface area contributed by atoms with Crippen molar-refractivity contribution in [1.29, 1.82) is 0 Å². The van der Waals surface area contributed by atoms with Gasteiger partial charge < -0.3 is 10.5 Å². The summed E-state index contributed by atoms with van der Waals surface area (Å²) in [6.07, 6.45) is 2.31. The summed E-state index contributed by atoms with van der Waals surface area (Å²) in [5, 5.41) is 0. The van der Waals surface area contributed by atoms with Gasteiger partial charge in [-0.05, 0) is 35.3 Å². The van der Waals surface area contributed by atoms with Crippen molar-refractivity contribution in [2.24, 2.45) is 11.7 Å². The molecule has 2 heteroatoms. The summed E-state index contributed by atoms with van der Waals surface area (Å²) in [4.78, 5) is 0. The Balaban J connectivity index is 1.84. The molecule has 0 spiro atoms. The van der Waals surface area contributed by atoms with Gasteiger partial charge in [-0.15, -0.1) is 0 Å². The highest BCUT2D eigenvalue weighted by Crippen LogP contribution is 2.48. The van der Waals surface area contributed by atoms with E-state index in [2.05, 4.69) is 45.0 Å². The third kappa shape index (κ3) is 2.11. The minimum atomic E-state index is 0.223. The quantitative estimate of drug-likeness (QED) is 0.886. The molecule has 0 aromatic heterocycles. The molecule has 0 amide bonds. The van der Waals surface area contributed by atoms with Crippen LogP contribution in [-0.4, -0.2) is 19.3 Å². The number of benzene rings is 1. The van der Waals surface area contributed by atoms with E-state index in [4.69, 9.17) is 10.5 Å². The van der Waals surface area contributed by atoms with Crippen molar-refractivity contribution in [1.82, 2.24) is 0 Å². The standard InChI is InChI=1S/C17H25NO/c1-16(2,3)12-4-6-13(7-5-12)17(10-19-11-17)14-8-15(18)9-14/h4-7,14-15H,8-11,18H2,1-3H3. The lowest BCUT2D eigenvalue weighted by molar-refractivity contribution is -0.111. The van der Waals surface area contributed by atoms with Gasteiger partial charge in [0, 0.05) is 11.5 Å². The Labute approximate surface area is 116 Å². The SMILES string of the molecule is CC(C)(C)c1ccc(C2(C3CC(N)C3)COC2)cc1. The van der Waals surface area contributed by atoms with Gasteiger partial charge in [0.25, 0.3) is 0 Å². The minimum absolute atomic E-state index is 0.223. The van der Waals surface area contributed by atoms with Gasteiger partial charge in [0.1, 0.15) is 0 Å². The smallest absolute Gasteiger partial charge is 0.0588 e. The Bertz CT molecular complexity index is 447. The molecule has 0 unspecified atom stereocenters. The molecular formula is C17H25NO. The van der Waals surface area contributed by atoms with E-state index in [1.165, 1.54) is 11.1 Å². The highest BCUT2D eigenvalue weighted by Gasteiger charge is 2.51. The average molecular weight is 259 g/mol. The molecule has 1 aliphatic carbocycles. The molecule has 1 aliphatic heterocycles. The Hall–Kier alpha value is -0.860. The third-order valence-corrected chi connectivity index (χ3v) is 5.00. The molecule has 104 valence electrons. The van der Waals surface area contributed by atoms with Crippen molar-refractivity contribution >= 4 is 0 Å². The van der Waals surface area contributed by atoms with Crippen LogP contribution >= 0.6 is 0 Å². The molecule has 1 saturated carbocycles. The number of nitrogens with two attached hydrogens (primary N) is 1. The van der Waals surface area contributed by atoms with E-state index in [9.17, 15) is 0 Å². The van der Waals surface area contributed by atoms with Gasteiger partial charge in [-0.25, -0.2) is 0 Å². The zero-order valence-corrected chi connectivity index (χ0v) is 12.3. The van der Waals surface area contributed by atoms with Crippen molar-refractivity contribution < 1.29 is 4.74 Å². The highest BCUT2D eigenvalue weighted by atomic mass is 16.5. The molecule has 3 rings (SSSR count). The van der Waals surface area contributed by atoms with Crippen LogP contribution in [0.4, 0.5) is 0 Å². The van der Waals surface area contributed by atoms with E-state index in [-0.39, 0.29) is 10.8 Å².